The summed E-state index contributed by atoms with van der Waals surface area (Å²) in [6, 6.07) is 0.542. The highest BCUT2D eigenvalue weighted by molar-refractivity contribution is 9.18. The van der Waals surface area contributed by atoms with Gasteiger partial charge in [-0.1, -0.05) is 75.5 Å². The van der Waals surface area contributed by atoms with Crippen LogP contribution in [-0.2, 0) is 14.4 Å². The van der Waals surface area contributed by atoms with Crippen molar-refractivity contribution in [3.05, 3.63) is 0 Å². The highest BCUT2D eigenvalue weighted by Crippen LogP contribution is 2.37. The zero-order valence-electron chi connectivity index (χ0n) is 19.4. The lowest BCUT2D eigenvalue weighted by Crippen LogP contribution is -2.54. The van der Waals surface area contributed by atoms with Crippen molar-refractivity contribution in [1.29, 1.82) is 0 Å². The van der Waals surface area contributed by atoms with Gasteiger partial charge in [-0.2, -0.15) is 0 Å². The molecule has 0 unspecified atom stereocenters. The first-order valence-electron chi connectivity index (χ1n) is 10.5. The van der Waals surface area contributed by atoms with Crippen LogP contribution in [0.15, 0.2) is 0 Å². The number of aliphatic carboxylic acids is 1. The van der Waals surface area contributed by atoms with E-state index in [2.05, 4.69) is 68.6 Å². The van der Waals surface area contributed by atoms with E-state index in [4.69, 9.17) is 5.11 Å². The van der Waals surface area contributed by atoms with Gasteiger partial charge in [-0.05, 0) is 61.4 Å². The number of carboxylic acids is 1. The van der Waals surface area contributed by atoms with Gasteiger partial charge in [0.1, 0.15) is 0 Å². The van der Waals surface area contributed by atoms with Gasteiger partial charge in [0.05, 0.1) is 10.8 Å². The number of carbonyl (C=O) groups excluding carboxylic acids is 2. The maximum absolute atomic E-state index is 12.3. The van der Waals surface area contributed by atoms with Crippen molar-refractivity contribution in [2.75, 3.05) is 22.5 Å². The van der Waals surface area contributed by atoms with Crippen molar-refractivity contribution in [2.45, 2.75) is 73.3 Å². The summed E-state index contributed by atoms with van der Waals surface area (Å²) in [5.74, 6) is 0.355. The van der Waals surface area contributed by atoms with E-state index in [9.17, 15) is 14.4 Å². The number of carboxylic acid groups (broad SMARTS) is 1. The molecule has 1 N–H and O–H groups in total. The Balaban J connectivity index is 0.000000483. The summed E-state index contributed by atoms with van der Waals surface area (Å²) in [6.07, 6.45) is 5.13. The largest absolute Gasteiger partial charge is 0.481 e. The SMILES string of the molecule is CC(C)(CBr)C(=O)Br.CC(C)(CBr)C(=O)N1CC2CCC1CC2.CC(C)(CBr)C(=O)O. The standard InChI is InChI=1S/C12H20BrNO.C5H8Br2O.C5H9BrO2/c1-12(2,8-13)11(15)14-7-9-3-5-10(14)6-4-9;2*1-5(2,3-6)4(7)8/h9-10H,3-8H2,1-2H3;3H2,1-2H3;3H2,1-2H3,(H,7,8). The van der Waals surface area contributed by atoms with Gasteiger partial charge in [-0.25, -0.2) is 0 Å². The van der Waals surface area contributed by atoms with Gasteiger partial charge in [-0.15, -0.1) is 0 Å². The number of rotatable bonds is 6. The van der Waals surface area contributed by atoms with Crippen LogP contribution < -0.4 is 0 Å². The minimum Gasteiger partial charge on any atom is -0.481 e. The Kier molecular flexibility index (Phi) is 13.7. The van der Waals surface area contributed by atoms with Crippen LogP contribution in [0.1, 0.15) is 67.2 Å². The van der Waals surface area contributed by atoms with Crippen molar-refractivity contribution >= 4 is 80.3 Å². The van der Waals surface area contributed by atoms with Gasteiger partial charge in [-0.3, -0.25) is 14.4 Å². The molecule has 0 atom stereocenters. The Labute approximate surface area is 221 Å². The average Bonchev–Trinajstić information content (AvgIpc) is 2.74. The third-order valence-electron chi connectivity index (χ3n) is 5.67. The van der Waals surface area contributed by atoms with Crippen molar-refractivity contribution in [1.82, 2.24) is 4.90 Å². The molecule has 3 rings (SSSR count). The van der Waals surface area contributed by atoms with E-state index in [0.717, 1.165) is 17.8 Å². The lowest BCUT2D eigenvalue weighted by Gasteiger charge is -2.47. The summed E-state index contributed by atoms with van der Waals surface area (Å²) in [6.45, 7) is 12.2. The van der Waals surface area contributed by atoms with Gasteiger partial charge < -0.3 is 10.0 Å². The second-order valence-corrected chi connectivity index (χ2v) is 12.7. The molecule has 1 amide bonds. The van der Waals surface area contributed by atoms with Gasteiger partial charge >= 0.3 is 5.97 Å². The highest BCUT2D eigenvalue weighted by atomic mass is 79.9. The third-order valence-corrected chi connectivity index (χ3v) is 10.9. The predicted octanol–water partition coefficient (Wildman–Crippen LogP) is 6.63. The van der Waals surface area contributed by atoms with E-state index in [1.165, 1.54) is 25.7 Å². The number of hydrogen-bond donors (Lipinski definition) is 1. The van der Waals surface area contributed by atoms with Crippen molar-refractivity contribution in [3.8, 4) is 0 Å². The van der Waals surface area contributed by atoms with Gasteiger partial charge in [0.2, 0.25) is 10.6 Å². The molecule has 31 heavy (non-hydrogen) atoms. The van der Waals surface area contributed by atoms with E-state index in [1.54, 1.807) is 13.8 Å². The Hall–Kier alpha value is 0.530. The number of alkyl halides is 3. The van der Waals surface area contributed by atoms with E-state index in [0.29, 0.717) is 22.6 Å². The molecule has 9 heteroatoms. The van der Waals surface area contributed by atoms with Crippen LogP contribution in [-0.4, -0.2) is 55.2 Å². The predicted molar refractivity (Wildman–Crippen MR) is 142 cm³/mol. The van der Waals surface area contributed by atoms with Crippen molar-refractivity contribution in [2.24, 2.45) is 22.2 Å². The van der Waals surface area contributed by atoms with Gasteiger partial charge in [0.15, 0.2) is 0 Å². The zero-order chi connectivity index (χ0) is 24.6. The van der Waals surface area contributed by atoms with E-state index >= 15 is 0 Å². The van der Waals surface area contributed by atoms with Gasteiger partial charge in [0, 0.05) is 34.0 Å². The molecule has 182 valence electrons. The lowest BCUT2D eigenvalue weighted by atomic mass is 9.78. The number of nitrogens with zero attached hydrogens (tertiary/aromatic N) is 1. The monoisotopic (exact) mass is 695 g/mol. The zero-order valence-corrected chi connectivity index (χ0v) is 25.8. The molecule has 3 aliphatic rings. The lowest BCUT2D eigenvalue weighted by molar-refractivity contribution is -0.147. The van der Waals surface area contributed by atoms with Crippen LogP contribution in [0.4, 0.5) is 0 Å². The van der Waals surface area contributed by atoms with Gasteiger partial charge in [0.25, 0.3) is 0 Å². The molecule has 1 saturated carbocycles. The second-order valence-electron chi connectivity index (χ2n) is 10.3. The number of fused-ring (bicyclic) bond motifs is 3. The molecule has 2 heterocycles. The van der Waals surface area contributed by atoms with Crippen LogP contribution in [0, 0.1) is 22.2 Å². The Bertz CT molecular complexity index is 589. The third kappa shape index (κ3) is 10.1. The molecule has 0 aromatic rings. The molecule has 0 aromatic heterocycles. The molecule has 2 saturated heterocycles. The average molecular weight is 699 g/mol. The fraction of sp³-hybridized carbons (Fsp3) is 0.864. The highest BCUT2D eigenvalue weighted by Gasteiger charge is 2.41. The summed E-state index contributed by atoms with van der Waals surface area (Å²) in [7, 11) is 0. The first-order chi connectivity index (χ1) is 14.1. The number of amides is 1. The van der Waals surface area contributed by atoms with Crippen LogP contribution >= 0.6 is 63.7 Å². The van der Waals surface area contributed by atoms with Crippen LogP contribution in [0.3, 0.4) is 0 Å². The summed E-state index contributed by atoms with van der Waals surface area (Å²) in [4.78, 5) is 35.3. The van der Waals surface area contributed by atoms with E-state index in [-0.39, 0.29) is 15.5 Å². The molecular formula is C22H37Br4NO4. The maximum Gasteiger partial charge on any atom is 0.309 e. The second kappa shape index (κ2) is 13.4. The van der Waals surface area contributed by atoms with Crippen LogP contribution in [0.2, 0.25) is 0 Å². The first kappa shape index (κ1) is 31.5. The fourth-order valence-corrected chi connectivity index (χ4v) is 4.12. The first-order valence-corrected chi connectivity index (χ1v) is 14.6. The summed E-state index contributed by atoms with van der Waals surface area (Å²) in [5.41, 5.74) is -1.13. The number of carbonyl (C=O) groups is 3. The minimum absolute atomic E-state index is 0.0434. The molecule has 3 fully saturated rings. The normalized spacial score (nSPS) is 20.8. The Morgan fingerprint density at radius 2 is 1.23 bits per heavy atom. The summed E-state index contributed by atoms with van der Waals surface area (Å²) in [5, 5.41) is 10.4. The van der Waals surface area contributed by atoms with Crippen LogP contribution in [0.25, 0.3) is 0 Å². The molecule has 1 aliphatic carbocycles. The Morgan fingerprint density at radius 1 is 0.806 bits per heavy atom. The quantitative estimate of drug-likeness (QED) is 0.250. The topological polar surface area (TPSA) is 74.7 Å². The molecule has 2 aliphatic heterocycles. The minimum atomic E-state index is -0.769. The van der Waals surface area contributed by atoms with E-state index in [1.807, 2.05) is 27.7 Å². The molecule has 0 aromatic carbocycles. The molecular weight excluding hydrogens is 662 g/mol. The van der Waals surface area contributed by atoms with Crippen molar-refractivity contribution in [3.63, 3.8) is 0 Å². The summed E-state index contributed by atoms with van der Waals surface area (Å²) >= 11 is 12.6. The maximum atomic E-state index is 12.3. The molecule has 2 bridgehead atoms. The van der Waals surface area contributed by atoms with Crippen molar-refractivity contribution < 1.29 is 19.5 Å². The van der Waals surface area contributed by atoms with Crippen LogP contribution in [0.5, 0.6) is 0 Å². The fourth-order valence-electron chi connectivity index (χ4n) is 2.87. The summed E-state index contributed by atoms with van der Waals surface area (Å²) < 4.78 is 0.0434. The smallest absolute Gasteiger partial charge is 0.309 e. The Morgan fingerprint density at radius 3 is 1.42 bits per heavy atom. The number of piperidine rings is 2. The molecule has 5 nitrogen and oxygen atoms in total. The number of halogens is 4. The van der Waals surface area contributed by atoms with E-state index < -0.39 is 11.4 Å². The number of hydrogen-bond acceptors (Lipinski definition) is 3. The molecule has 0 spiro atoms. The molecule has 0 radical (unpaired) electrons.